The van der Waals surface area contributed by atoms with Gasteiger partial charge in [0.1, 0.15) is 0 Å². The molecule has 2 unspecified atom stereocenters. The molecule has 4 aliphatic rings. The van der Waals surface area contributed by atoms with Crippen molar-refractivity contribution in [2.45, 2.75) is 48.8 Å². The number of halogens is 1. The number of aromatic hydroxyl groups is 1. The third kappa shape index (κ3) is 1.74. The summed E-state index contributed by atoms with van der Waals surface area (Å²) in [7, 11) is 0. The van der Waals surface area contributed by atoms with Gasteiger partial charge in [-0.05, 0) is 30.9 Å². The van der Waals surface area contributed by atoms with Crippen molar-refractivity contribution in [2.24, 2.45) is 0 Å². The molecule has 25 heavy (non-hydrogen) atoms. The van der Waals surface area contributed by atoms with Crippen molar-refractivity contribution in [3.05, 3.63) is 35.9 Å². The minimum atomic E-state index is -1.00. The second-order valence-electron chi connectivity index (χ2n) is 7.56. The maximum absolute atomic E-state index is 12.6. The smallest absolute Gasteiger partial charge is 0.174 e. The molecule has 1 spiro atoms. The fourth-order valence-corrected chi connectivity index (χ4v) is 5.80. The van der Waals surface area contributed by atoms with Crippen molar-refractivity contribution in [2.75, 3.05) is 13.1 Å². The molecular weight excluding hydrogens is 342 g/mol. The highest BCUT2D eigenvalue weighted by atomic mass is 35.5. The number of nitrogens with zero attached hydrogens (tertiary/aromatic N) is 1. The van der Waals surface area contributed by atoms with Crippen molar-refractivity contribution in [3.8, 4) is 11.5 Å². The van der Waals surface area contributed by atoms with Crippen LogP contribution in [0.25, 0.3) is 0 Å². The number of benzene rings is 1. The Labute approximate surface area is 152 Å². The number of carbonyl (C=O) groups excluding carboxylic acids is 1. The van der Waals surface area contributed by atoms with Gasteiger partial charge in [-0.1, -0.05) is 12.1 Å². The van der Waals surface area contributed by atoms with E-state index in [0.29, 0.717) is 31.4 Å². The first-order chi connectivity index (χ1) is 11.5. The molecule has 1 saturated heterocycles. The lowest BCUT2D eigenvalue weighted by Gasteiger charge is -2.62. The van der Waals surface area contributed by atoms with E-state index in [0.717, 1.165) is 24.2 Å². The van der Waals surface area contributed by atoms with Crippen LogP contribution in [0.2, 0.25) is 0 Å². The molecular formula is C19H22ClNO4. The lowest BCUT2D eigenvalue weighted by atomic mass is 9.49. The highest BCUT2D eigenvalue weighted by molar-refractivity contribution is 5.90. The summed E-state index contributed by atoms with van der Waals surface area (Å²) < 4.78 is 5.98. The van der Waals surface area contributed by atoms with Gasteiger partial charge in [-0.25, -0.2) is 0 Å². The fourth-order valence-electron chi connectivity index (χ4n) is 5.80. The largest absolute Gasteiger partial charge is 0.504 e. The Bertz CT molecular complexity index is 781. The molecule has 2 fully saturated rings. The first-order valence-corrected chi connectivity index (χ1v) is 8.65. The van der Waals surface area contributed by atoms with E-state index in [2.05, 4.69) is 11.5 Å². The summed E-state index contributed by atoms with van der Waals surface area (Å²) in [5, 5.41) is 22.1. The molecule has 1 aromatic rings. The van der Waals surface area contributed by atoms with E-state index in [-0.39, 0.29) is 30.0 Å². The number of piperidine rings is 1. The Hall–Kier alpha value is -1.56. The summed E-state index contributed by atoms with van der Waals surface area (Å²) in [5.41, 5.74) is 0.256. The van der Waals surface area contributed by atoms with Crippen molar-refractivity contribution in [1.29, 1.82) is 0 Å². The second-order valence-corrected chi connectivity index (χ2v) is 7.56. The van der Waals surface area contributed by atoms with E-state index >= 15 is 0 Å². The molecule has 2 aliphatic carbocycles. The quantitative estimate of drug-likeness (QED) is 0.783. The van der Waals surface area contributed by atoms with Crippen LogP contribution in [0.3, 0.4) is 0 Å². The number of carbonyl (C=O) groups is 1. The molecule has 0 amide bonds. The van der Waals surface area contributed by atoms with E-state index in [1.54, 1.807) is 6.07 Å². The maximum atomic E-state index is 12.6. The van der Waals surface area contributed by atoms with Crippen molar-refractivity contribution in [1.82, 2.24) is 4.90 Å². The minimum absolute atomic E-state index is 0. The highest BCUT2D eigenvalue weighted by Crippen LogP contribution is 2.64. The molecule has 6 heteroatoms. The molecule has 2 aliphatic heterocycles. The molecule has 134 valence electrons. The number of hydrogen-bond acceptors (Lipinski definition) is 5. The zero-order valence-electron chi connectivity index (χ0n) is 13.9. The van der Waals surface area contributed by atoms with Crippen molar-refractivity contribution >= 4 is 18.2 Å². The number of hydrogen-bond donors (Lipinski definition) is 2. The minimum Gasteiger partial charge on any atom is -0.504 e. The number of likely N-dealkylation sites (tertiary alicyclic amines) is 1. The van der Waals surface area contributed by atoms with Gasteiger partial charge in [-0.2, -0.15) is 0 Å². The van der Waals surface area contributed by atoms with Gasteiger partial charge in [0.2, 0.25) is 0 Å². The molecule has 0 aromatic heterocycles. The average Bonchev–Trinajstić information content (AvgIpc) is 2.91. The van der Waals surface area contributed by atoms with Crippen LogP contribution in [0.15, 0.2) is 24.8 Å². The predicted octanol–water partition coefficient (Wildman–Crippen LogP) is 1.72. The van der Waals surface area contributed by atoms with Crippen LogP contribution in [0.1, 0.15) is 30.4 Å². The molecule has 2 N–H and O–H groups in total. The number of ether oxygens (including phenoxy) is 1. The van der Waals surface area contributed by atoms with E-state index in [9.17, 15) is 15.0 Å². The van der Waals surface area contributed by atoms with Crippen LogP contribution in [0.5, 0.6) is 11.5 Å². The summed E-state index contributed by atoms with van der Waals surface area (Å²) in [6, 6.07) is 3.52. The van der Waals surface area contributed by atoms with E-state index < -0.39 is 17.1 Å². The zero-order chi connectivity index (χ0) is 16.7. The first kappa shape index (κ1) is 16.9. The van der Waals surface area contributed by atoms with Crippen molar-refractivity contribution in [3.63, 3.8) is 0 Å². The maximum Gasteiger partial charge on any atom is 0.174 e. The molecule has 0 radical (unpaired) electrons. The number of phenolic OH excluding ortho intramolecular Hbond substituents is 1. The fraction of sp³-hybridized carbons (Fsp3) is 0.526. The standard InChI is InChI=1S/C19H21NO4.ClH/c1-2-8-20-9-7-18-15-11-3-4-12(21)16(15)24-17(18)13(22)5-6-19(18,23)14(20)10-11;/h2-4,14,17,21,23H,1,5-10H2;1H/t14?,17?,18-,19-;/m0./s1. The Morgan fingerprint density at radius 1 is 1.40 bits per heavy atom. The first-order valence-electron chi connectivity index (χ1n) is 8.65. The van der Waals surface area contributed by atoms with Crippen LogP contribution in [-0.2, 0) is 16.6 Å². The summed E-state index contributed by atoms with van der Waals surface area (Å²) in [6.07, 6.45) is 3.35. The number of rotatable bonds is 2. The van der Waals surface area contributed by atoms with E-state index in [1.807, 2.05) is 12.1 Å². The van der Waals surface area contributed by atoms with Gasteiger partial charge in [-0.3, -0.25) is 9.69 Å². The SMILES string of the molecule is C=CCN1CC[C@]23c4c5ccc(O)c4OC2C(=O)CC[C@]3(O)C1C5.Cl. The Morgan fingerprint density at radius 3 is 2.96 bits per heavy atom. The van der Waals surface area contributed by atoms with E-state index in [4.69, 9.17) is 4.74 Å². The second kappa shape index (κ2) is 5.22. The Kier molecular flexibility index (Phi) is 3.53. The summed E-state index contributed by atoms with van der Waals surface area (Å²) in [5.74, 6) is 0.528. The Balaban J connectivity index is 0.00000157. The van der Waals surface area contributed by atoms with Gasteiger partial charge in [0.15, 0.2) is 23.4 Å². The lowest BCUT2D eigenvalue weighted by molar-refractivity contribution is -0.187. The van der Waals surface area contributed by atoms with Crippen LogP contribution in [0, 0.1) is 0 Å². The van der Waals surface area contributed by atoms with Gasteiger partial charge >= 0.3 is 0 Å². The molecule has 4 atom stereocenters. The predicted molar refractivity (Wildman–Crippen MR) is 94.5 cm³/mol. The third-order valence-corrected chi connectivity index (χ3v) is 6.73. The lowest BCUT2D eigenvalue weighted by Crippen LogP contribution is -2.76. The summed E-state index contributed by atoms with van der Waals surface area (Å²) in [6.45, 7) is 5.36. The van der Waals surface area contributed by atoms with Crippen LogP contribution >= 0.6 is 12.4 Å². The monoisotopic (exact) mass is 363 g/mol. The molecule has 1 saturated carbocycles. The molecule has 5 rings (SSSR count). The van der Waals surface area contributed by atoms with E-state index in [1.165, 1.54) is 0 Å². The summed E-state index contributed by atoms with van der Waals surface area (Å²) >= 11 is 0. The van der Waals surface area contributed by atoms with Crippen LogP contribution in [0.4, 0.5) is 0 Å². The number of aliphatic hydroxyl groups is 1. The van der Waals surface area contributed by atoms with Gasteiger partial charge in [0, 0.05) is 31.1 Å². The van der Waals surface area contributed by atoms with Gasteiger partial charge < -0.3 is 14.9 Å². The topological polar surface area (TPSA) is 70.0 Å². The normalized spacial score (nSPS) is 37.7. The number of Topliss-reactive ketones (excluding diaryl/α,β-unsaturated/α-hetero) is 1. The van der Waals surface area contributed by atoms with Crippen LogP contribution < -0.4 is 4.74 Å². The van der Waals surface area contributed by atoms with Crippen molar-refractivity contribution < 1.29 is 19.7 Å². The van der Waals surface area contributed by atoms with Crippen LogP contribution in [-0.4, -0.2) is 51.7 Å². The Morgan fingerprint density at radius 2 is 2.20 bits per heavy atom. The number of ketones is 1. The van der Waals surface area contributed by atoms with Gasteiger partial charge in [0.05, 0.1) is 11.0 Å². The highest BCUT2D eigenvalue weighted by Gasteiger charge is 2.72. The van der Waals surface area contributed by atoms with Gasteiger partial charge in [-0.15, -0.1) is 19.0 Å². The molecule has 2 heterocycles. The number of phenols is 1. The molecule has 5 nitrogen and oxygen atoms in total. The molecule has 1 aromatic carbocycles. The zero-order valence-corrected chi connectivity index (χ0v) is 14.7. The molecule has 2 bridgehead atoms. The van der Waals surface area contributed by atoms with Gasteiger partial charge in [0.25, 0.3) is 0 Å². The average molecular weight is 364 g/mol. The third-order valence-electron chi connectivity index (χ3n) is 6.73. The summed E-state index contributed by atoms with van der Waals surface area (Å²) in [4.78, 5) is 14.9.